The zero-order valence-corrected chi connectivity index (χ0v) is 19.2. The van der Waals surface area contributed by atoms with E-state index < -0.39 is 22.0 Å². The summed E-state index contributed by atoms with van der Waals surface area (Å²) in [6.45, 7) is 1.25. The maximum absolute atomic E-state index is 13.4. The summed E-state index contributed by atoms with van der Waals surface area (Å²) in [7, 11) is -4.14. The number of sulfonamides is 1. The molecule has 0 spiro atoms. The zero-order chi connectivity index (χ0) is 22.6. The number of nitrogens with two attached hydrogens (primary N) is 1. The van der Waals surface area contributed by atoms with E-state index in [0.717, 1.165) is 4.31 Å². The van der Waals surface area contributed by atoms with Crippen LogP contribution in [0, 0.1) is 0 Å². The fourth-order valence-electron chi connectivity index (χ4n) is 3.03. The lowest BCUT2D eigenvalue weighted by Crippen LogP contribution is -2.42. The van der Waals surface area contributed by atoms with Gasteiger partial charge >= 0.3 is 5.97 Å². The van der Waals surface area contributed by atoms with Crippen molar-refractivity contribution in [2.24, 2.45) is 10.2 Å². The Labute approximate surface area is 196 Å². The monoisotopic (exact) mass is 497 g/mol. The number of carboxylic acid groups (broad SMARTS) is 1. The summed E-state index contributed by atoms with van der Waals surface area (Å²) in [5.74, 6) is -1.29. The number of nitrogens with zero attached hydrogens (tertiary/aromatic N) is 3. The molecule has 9 nitrogen and oxygen atoms in total. The van der Waals surface area contributed by atoms with Crippen LogP contribution in [0.25, 0.3) is 10.8 Å². The van der Waals surface area contributed by atoms with Crippen LogP contribution in [0.4, 0.5) is 5.69 Å². The van der Waals surface area contributed by atoms with Gasteiger partial charge in [0.1, 0.15) is 6.04 Å². The van der Waals surface area contributed by atoms with Crippen LogP contribution in [-0.4, -0.2) is 40.8 Å². The molecule has 0 aliphatic carbocycles. The molecule has 12 heteroatoms. The van der Waals surface area contributed by atoms with Crippen LogP contribution >= 0.6 is 24.2 Å². The van der Waals surface area contributed by atoms with E-state index in [9.17, 15) is 18.3 Å². The first-order valence-electron chi connectivity index (χ1n) is 9.12. The predicted molar refractivity (Wildman–Crippen MR) is 126 cm³/mol. The second kappa shape index (κ2) is 10.6. The quantitative estimate of drug-likeness (QED) is 0.336. The maximum Gasteiger partial charge on any atom is 0.321 e. The Bertz CT molecular complexity index is 1240. The van der Waals surface area contributed by atoms with Gasteiger partial charge in [-0.3, -0.25) is 9.78 Å². The molecule has 3 rings (SSSR count). The van der Waals surface area contributed by atoms with Crippen LogP contribution in [-0.2, 0) is 21.4 Å². The van der Waals surface area contributed by atoms with Gasteiger partial charge in [-0.25, -0.2) is 8.42 Å². The minimum absolute atomic E-state index is 0. The highest BCUT2D eigenvalue weighted by Gasteiger charge is 2.33. The van der Waals surface area contributed by atoms with Gasteiger partial charge in [-0.15, -0.1) is 16.9 Å². The van der Waals surface area contributed by atoms with E-state index in [0.29, 0.717) is 22.0 Å². The first-order valence-corrected chi connectivity index (χ1v) is 10.9. The molecule has 0 amide bonds. The van der Waals surface area contributed by atoms with Gasteiger partial charge in [-0.2, -0.15) is 4.31 Å². The number of aliphatic carboxylic acids is 1. The van der Waals surface area contributed by atoms with Gasteiger partial charge in [0.25, 0.3) is 0 Å². The van der Waals surface area contributed by atoms with Crippen LogP contribution < -0.4 is 11.1 Å². The van der Waals surface area contributed by atoms with Crippen LogP contribution in [0.1, 0.15) is 12.5 Å². The number of hydrogen-bond donors (Lipinski definition) is 3. The molecule has 0 bridgehead atoms. The van der Waals surface area contributed by atoms with Crippen molar-refractivity contribution in [1.82, 2.24) is 9.29 Å². The van der Waals surface area contributed by atoms with Crippen molar-refractivity contribution in [3.05, 3.63) is 66.5 Å². The van der Waals surface area contributed by atoms with E-state index in [2.05, 4.69) is 14.8 Å². The lowest BCUT2D eigenvalue weighted by molar-refractivity contribution is -0.141. The predicted octanol–water partition coefficient (Wildman–Crippen LogP) is 3.20. The maximum atomic E-state index is 13.4. The number of fused-ring (bicyclic) bond motifs is 1. The number of pyridine rings is 1. The fourth-order valence-corrected chi connectivity index (χ4v) is 4.68. The summed E-state index contributed by atoms with van der Waals surface area (Å²) >= 11 is 5.34. The Hall–Kier alpha value is -2.92. The second-order valence-corrected chi connectivity index (χ2v) is 8.77. The van der Waals surface area contributed by atoms with Crippen molar-refractivity contribution in [2.45, 2.75) is 24.4 Å². The van der Waals surface area contributed by atoms with Gasteiger partial charge < -0.3 is 16.2 Å². The molecule has 0 aliphatic heterocycles. The Kier molecular flexibility index (Phi) is 8.39. The van der Waals surface area contributed by atoms with Gasteiger partial charge in [0.05, 0.1) is 16.8 Å². The highest BCUT2D eigenvalue weighted by Crippen LogP contribution is 2.28. The number of guanidine groups is 1. The third-order valence-corrected chi connectivity index (χ3v) is 6.76. The number of halogens is 2. The third kappa shape index (κ3) is 5.46. The molecule has 0 unspecified atom stereocenters. The van der Waals surface area contributed by atoms with Crippen LogP contribution in [0.3, 0.4) is 0 Å². The normalized spacial score (nSPS) is 12.9. The molecular formula is C20H21Cl2N5O4S. The Balaban J connectivity index is 0.00000363. The second-order valence-electron chi connectivity index (χ2n) is 6.71. The smallest absolute Gasteiger partial charge is 0.321 e. The first-order chi connectivity index (χ1) is 14.7. The summed E-state index contributed by atoms with van der Waals surface area (Å²) in [6.07, 6.45) is 3.00. The Morgan fingerprint density at radius 3 is 2.56 bits per heavy atom. The SMILES string of the molecule is C[C@@H](C(=O)O)N(Cc1ccccc1)S(=O)(=O)c1ccc2c(NC(N)=NCl)cncc2c1.Cl. The van der Waals surface area contributed by atoms with E-state index in [1.54, 1.807) is 36.4 Å². The molecule has 1 aromatic heterocycles. The number of aromatic nitrogens is 1. The molecule has 4 N–H and O–H groups in total. The van der Waals surface area contributed by atoms with E-state index in [-0.39, 0.29) is 29.8 Å². The fraction of sp³-hybridized carbons (Fsp3) is 0.150. The molecule has 0 aliphatic rings. The van der Waals surface area contributed by atoms with Gasteiger partial charge in [0.15, 0.2) is 0 Å². The third-order valence-electron chi connectivity index (χ3n) is 4.66. The molecule has 0 fully saturated rings. The first kappa shape index (κ1) is 25.3. The molecule has 2 aromatic carbocycles. The molecular weight excluding hydrogens is 477 g/mol. The van der Waals surface area contributed by atoms with Gasteiger partial charge in [-0.05, 0) is 24.6 Å². The summed E-state index contributed by atoms with van der Waals surface area (Å²) < 4.78 is 31.1. The van der Waals surface area contributed by atoms with Gasteiger partial charge in [0, 0.05) is 35.3 Å². The van der Waals surface area contributed by atoms with E-state index in [4.69, 9.17) is 17.5 Å². The highest BCUT2D eigenvalue weighted by molar-refractivity contribution is 7.89. The zero-order valence-electron chi connectivity index (χ0n) is 16.8. The van der Waals surface area contributed by atoms with E-state index >= 15 is 0 Å². The molecule has 32 heavy (non-hydrogen) atoms. The van der Waals surface area contributed by atoms with Crippen molar-refractivity contribution in [3.8, 4) is 0 Å². The Morgan fingerprint density at radius 1 is 1.25 bits per heavy atom. The number of hydrogen-bond acceptors (Lipinski definition) is 5. The summed E-state index contributed by atoms with van der Waals surface area (Å²) in [5, 5.41) is 13.4. The minimum atomic E-state index is -4.14. The molecule has 0 saturated carbocycles. The number of anilines is 1. The average molecular weight is 498 g/mol. The standard InChI is InChI=1S/C20H20ClN5O4S.ClH/c1-13(19(27)28)26(12-14-5-3-2-4-6-14)31(29,30)16-7-8-17-15(9-16)10-23-11-18(17)24-20(22)25-21;/h2-11,13H,12H2,1H3,(H,27,28)(H3,22,24,25);1H/t13-;/m0./s1. The average Bonchev–Trinajstić information content (AvgIpc) is 2.77. The van der Waals surface area contributed by atoms with E-state index in [1.165, 1.54) is 31.5 Å². The molecule has 1 atom stereocenters. The van der Waals surface area contributed by atoms with Gasteiger partial charge in [-0.1, -0.05) is 36.4 Å². The van der Waals surface area contributed by atoms with Crippen LogP contribution in [0.5, 0.6) is 0 Å². The van der Waals surface area contributed by atoms with Crippen molar-refractivity contribution in [2.75, 3.05) is 5.32 Å². The number of carbonyl (C=O) groups is 1. The van der Waals surface area contributed by atoms with Crippen LogP contribution in [0.15, 0.2) is 70.3 Å². The molecule has 1 heterocycles. The van der Waals surface area contributed by atoms with Crippen LogP contribution in [0.2, 0.25) is 0 Å². The summed E-state index contributed by atoms with van der Waals surface area (Å²) in [4.78, 5) is 15.7. The lowest BCUT2D eigenvalue weighted by Gasteiger charge is -2.26. The topological polar surface area (TPSA) is 138 Å². The molecule has 170 valence electrons. The van der Waals surface area contributed by atoms with E-state index in [1.807, 2.05) is 0 Å². The van der Waals surface area contributed by atoms with Crippen molar-refractivity contribution in [1.29, 1.82) is 0 Å². The molecule has 0 saturated heterocycles. The highest BCUT2D eigenvalue weighted by atomic mass is 35.5. The van der Waals surface area contributed by atoms with Crippen molar-refractivity contribution < 1.29 is 18.3 Å². The Morgan fingerprint density at radius 2 is 1.94 bits per heavy atom. The number of carboxylic acids is 1. The minimum Gasteiger partial charge on any atom is -0.480 e. The molecule has 0 radical (unpaired) electrons. The summed E-state index contributed by atoms with van der Waals surface area (Å²) in [6, 6.07) is 11.9. The largest absolute Gasteiger partial charge is 0.480 e. The number of nitrogens with one attached hydrogen (secondary N) is 1. The van der Waals surface area contributed by atoms with Crippen molar-refractivity contribution in [3.63, 3.8) is 0 Å². The number of rotatable bonds is 7. The summed E-state index contributed by atoms with van der Waals surface area (Å²) in [5.41, 5.74) is 6.75. The number of benzene rings is 2. The lowest BCUT2D eigenvalue weighted by atomic mass is 10.1. The van der Waals surface area contributed by atoms with Crippen molar-refractivity contribution >= 4 is 62.6 Å². The molecule has 3 aromatic rings. The van der Waals surface area contributed by atoms with Gasteiger partial charge in [0.2, 0.25) is 16.0 Å².